The van der Waals surface area contributed by atoms with Crippen LogP contribution in [0.2, 0.25) is 5.02 Å². The van der Waals surface area contributed by atoms with Gasteiger partial charge in [0.25, 0.3) is 0 Å². The maximum Gasteiger partial charge on any atom is 0.228 e. The lowest BCUT2D eigenvalue weighted by molar-refractivity contribution is -0.135. The van der Waals surface area contributed by atoms with Crippen LogP contribution in [0.25, 0.3) is 0 Å². The molecule has 1 atom stereocenters. The predicted molar refractivity (Wildman–Crippen MR) is 97.9 cm³/mol. The van der Waals surface area contributed by atoms with Crippen molar-refractivity contribution in [2.75, 3.05) is 13.6 Å². The maximum atomic E-state index is 12.7. The molecule has 4 nitrogen and oxygen atoms in total. The molecule has 1 heterocycles. The highest BCUT2D eigenvalue weighted by Crippen LogP contribution is 2.23. The van der Waals surface area contributed by atoms with Crippen LogP contribution in [-0.4, -0.2) is 35.2 Å². The standard InChI is InChI=1S/C20H21ClN2O2/c1-22(12-15-5-3-2-4-6-15)20(25)17-11-19(24)23(14-17)13-16-7-9-18(21)10-8-16/h2-10,17H,11-14H2,1H3. The largest absolute Gasteiger partial charge is 0.341 e. The van der Waals surface area contributed by atoms with E-state index in [-0.39, 0.29) is 24.2 Å². The van der Waals surface area contributed by atoms with Gasteiger partial charge in [0, 0.05) is 38.1 Å². The van der Waals surface area contributed by atoms with Crippen LogP contribution in [0, 0.1) is 5.92 Å². The fraction of sp³-hybridized carbons (Fsp3) is 0.300. The van der Waals surface area contributed by atoms with E-state index in [0.717, 1.165) is 11.1 Å². The van der Waals surface area contributed by atoms with Crippen LogP contribution in [0.15, 0.2) is 54.6 Å². The van der Waals surface area contributed by atoms with E-state index < -0.39 is 0 Å². The van der Waals surface area contributed by atoms with Crippen molar-refractivity contribution in [3.8, 4) is 0 Å². The smallest absolute Gasteiger partial charge is 0.228 e. The number of amides is 2. The van der Waals surface area contributed by atoms with Gasteiger partial charge in [-0.25, -0.2) is 0 Å². The first kappa shape index (κ1) is 17.5. The van der Waals surface area contributed by atoms with Gasteiger partial charge in [0.1, 0.15) is 0 Å². The molecule has 0 aliphatic carbocycles. The Morgan fingerprint density at radius 2 is 1.80 bits per heavy atom. The van der Waals surface area contributed by atoms with Gasteiger partial charge in [-0.3, -0.25) is 9.59 Å². The summed E-state index contributed by atoms with van der Waals surface area (Å²) >= 11 is 5.89. The van der Waals surface area contributed by atoms with E-state index in [1.807, 2.05) is 54.6 Å². The van der Waals surface area contributed by atoms with Gasteiger partial charge in [0.05, 0.1) is 5.92 Å². The minimum absolute atomic E-state index is 0.0239. The van der Waals surface area contributed by atoms with Crippen molar-refractivity contribution < 1.29 is 9.59 Å². The quantitative estimate of drug-likeness (QED) is 0.824. The van der Waals surface area contributed by atoms with E-state index in [4.69, 9.17) is 11.6 Å². The van der Waals surface area contributed by atoms with Gasteiger partial charge in [-0.2, -0.15) is 0 Å². The lowest BCUT2D eigenvalue weighted by atomic mass is 10.1. The van der Waals surface area contributed by atoms with Gasteiger partial charge in [-0.05, 0) is 23.3 Å². The first-order chi connectivity index (χ1) is 12.0. The molecule has 1 saturated heterocycles. The van der Waals surface area contributed by atoms with Crippen LogP contribution in [-0.2, 0) is 22.7 Å². The molecule has 2 aromatic rings. The highest BCUT2D eigenvalue weighted by Gasteiger charge is 2.35. The van der Waals surface area contributed by atoms with Gasteiger partial charge in [0.2, 0.25) is 11.8 Å². The Labute approximate surface area is 153 Å². The van der Waals surface area contributed by atoms with Crippen LogP contribution < -0.4 is 0 Å². The topological polar surface area (TPSA) is 40.6 Å². The first-order valence-corrected chi connectivity index (χ1v) is 8.72. The monoisotopic (exact) mass is 356 g/mol. The Kier molecular flexibility index (Phi) is 5.39. The van der Waals surface area contributed by atoms with E-state index in [1.165, 1.54) is 0 Å². The third-order valence-electron chi connectivity index (χ3n) is 4.49. The number of carbonyl (C=O) groups excluding carboxylic acids is 2. The molecule has 0 bridgehead atoms. The Bertz CT molecular complexity index is 746. The van der Waals surface area contributed by atoms with Crippen LogP contribution in [0.4, 0.5) is 0 Å². The second-order valence-corrected chi connectivity index (χ2v) is 6.92. The minimum atomic E-state index is -0.270. The summed E-state index contributed by atoms with van der Waals surface area (Å²) in [5.74, 6) is -0.217. The summed E-state index contributed by atoms with van der Waals surface area (Å²) < 4.78 is 0. The van der Waals surface area contributed by atoms with Crippen LogP contribution >= 0.6 is 11.6 Å². The number of rotatable bonds is 5. The summed E-state index contributed by atoms with van der Waals surface area (Å²) in [7, 11) is 1.79. The summed E-state index contributed by atoms with van der Waals surface area (Å²) in [6, 6.07) is 17.3. The molecule has 1 aliphatic rings. The maximum absolute atomic E-state index is 12.7. The zero-order chi connectivity index (χ0) is 17.8. The first-order valence-electron chi connectivity index (χ1n) is 8.34. The van der Waals surface area contributed by atoms with Crippen molar-refractivity contribution in [1.82, 2.24) is 9.80 Å². The van der Waals surface area contributed by atoms with Crippen molar-refractivity contribution in [1.29, 1.82) is 0 Å². The van der Waals surface area contributed by atoms with Gasteiger partial charge < -0.3 is 9.80 Å². The minimum Gasteiger partial charge on any atom is -0.341 e. The van der Waals surface area contributed by atoms with E-state index in [9.17, 15) is 9.59 Å². The second kappa shape index (κ2) is 7.70. The summed E-state index contributed by atoms with van der Waals surface area (Å²) in [6.07, 6.45) is 0.283. The number of hydrogen-bond acceptors (Lipinski definition) is 2. The van der Waals surface area contributed by atoms with Crippen molar-refractivity contribution >= 4 is 23.4 Å². The zero-order valence-corrected chi connectivity index (χ0v) is 14.9. The molecule has 5 heteroatoms. The second-order valence-electron chi connectivity index (χ2n) is 6.48. The Morgan fingerprint density at radius 1 is 1.12 bits per heavy atom. The van der Waals surface area contributed by atoms with Crippen LogP contribution in [0.5, 0.6) is 0 Å². The molecule has 1 unspecified atom stereocenters. The molecule has 0 N–H and O–H groups in total. The normalized spacial score (nSPS) is 17.0. The fourth-order valence-corrected chi connectivity index (χ4v) is 3.27. The van der Waals surface area contributed by atoms with Crippen molar-refractivity contribution in [3.05, 3.63) is 70.7 Å². The summed E-state index contributed by atoms with van der Waals surface area (Å²) in [4.78, 5) is 28.4. The van der Waals surface area contributed by atoms with Crippen molar-refractivity contribution in [2.24, 2.45) is 5.92 Å². The third kappa shape index (κ3) is 4.40. The lowest BCUT2D eigenvalue weighted by Crippen LogP contribution is -2.34. The fourth-order valence-electron chi connectivity index (χ4n) is 3.15. The number of nitrogens with zero attached hydrogens (tertiary/aromatic N) is 2. The highest BCUT2D eigenvalue weighted by molar-refractivity contribution is 6.30. The molecular formula is C20H21ClN2O2. The molecule has 3 rings (SSSR count). The van der Waals surface area contributed by atoms with E-state index in [0.29, 0.717) is 24.7 Å². The Hall–Kier alpha value is -2.33. The zero-order valence-electron chi connectivity index (χ0n) is 14.2. The number of likely N-dealkylation sites (tertiary alicyclic amines) is 1. The molecule has 130 valence electrons. The molecule has 0 saturated carbocycles. The Morgan fingerprint density at radius 3 is 2.48 bits per heavy atom. The number of benzene rings is 2. The van der Waals surface area contributed by atoms with Crippen LogP contribution in [0.3, 0.4) is 0 Å². The van der Waals surface area contributed by atoms with Crippen molar-refractivity contribution in [3.63, 3.8) is 0 Å². The Balaban J connectivity index is 1.59. The predicted octanol–water partition coefficient (Wildman–Crippen LogP) is 3.35. The SMILES string of the molecule is CN(Cc1ccccc1)C(=O)C1CC(=O)N(Cc2ccc(Cl)cc2)C1. The van der Waals surface area contributed by atoms with E-state index in [2.05, 4.69) is 0 Å². The lowest BCUT2D eigenvalue weighted by Gasteiger charge is -2.21. The van der Waals surface area contributed by atoms with E-state index in [1.54, 1.807) is 16.8 Å². The van der Waals surface area contributed by atoms with E-state index >= 15 is 0 Å². The average Bonchev–Trinajstić information content (AvgIpc) is 2.98. The molecular weight excluding hydrogens is 336 g/mol. The molecule has 2 amide bonds. The average molecular weight is 357 g/mol. The molecule has 1 fully saturated rings. The third-order valence-corrected chi connectivity index (χ3v) is 4.74. The van der Waals surface area contributed by atoms with Gasteiger partial charge >= 0.3 is 0 Å². The molecule has 1 aliphatic heterocycles. The molecule has 25 heavy (non-hydrogen) atoms. The molecule has 0 radical (unpaired) electrons. The van der Waals surface area contributed by atoms with Crippen molar-refractivity contribution in [2.45, 2.75) is 19.5 Å². The summed E-state index contributed by atoms with van der Waals surface area (Å²) in [5.41, 5.74) is 2.10. The number of halogens is 1. The highest BCUT2D eigenvalue weighted by atomic mass is 35.5. The van der Waals surface area contributed by atoms with Gasteiger partial charge in [0.15, 0.2) is 0 Å². The summed E-state index contributed by atoms with van der Waals surface area (Å²) in [6.45, 7) is 1.54. The molecule has 0 aromatic heterocycles. The van der Waals surface area contributed by atoms with Gasteiger partial charge in [-0.1, -0.05) is 54.1 Å². The molecule has 0 spiro atoms. The number of hydrogen-bond donors (Lipinski definition) is 0. The van der Waals surface area contributed by atoms with Gasteiger partial charge in [-0.15, -0.1) is 0 Å². The summed E-state index contributed by atoms with van der Waals surface area (Å²) in [5, 5.41) is 0.673. The molecule has 2 aromatic carbocycles. The van der Waals surface area contributed by atoms with Crippen LogP contribution in [0.1, 0.15) is 17.5 Å². The number of carbonyl (C=O) groups is 2.